The number of hydrogen-bond acceptors (Lipinski definition) is 4. The third-order valence-electron chi connectivity index (χ3n) is 2.50. The van der Waals surface area contributed by atoms with Crippen LogP contribution in [0.3, 0.4) is 0 Å². The molecule has 0 aromatic carbocycles. The SMILES string of the molecule is CCCNC(C)(C(=O)OC)c1ccccn1. The summed E-state index contributed by atoms with van der Waals surface area (Å²) < 4.78 is 4.83. The van der Waals surface area contributed by atoms with Crippen LogP contribution in [-0.2, 0) is 15.1 Å². The van der Waals surface area contributed by atoms with Crippen LogP contribution in [0.2, 0.25) is 0 Å². The minimum atomic E-state index is -0.869. The van der Waals surface area contributed by atoms with E-state index in [2.05, 4.69) is 10.3 Å². The third-order valence-corrected chi connectivity index (χ3v) is 2.50. The molecule has 1 N–H and O–H groups in total. The quantitative estimate of drug-likeness (QED) is 0.766. The average molecular weight is 222 g/mol. The summed E-state index contributed by atoms with van der Waals surface area (Å²) in [6, 6.07) is 5.50. The third kappa shape index (κ3) is 2.58. The highest BCUT2D eigenvalue weighted by Crippen LogP contribution is 2.19. The molecule has 1 atom stereocenters. The van der Waals surface area contributed by atoms with Gasteiger partial charge < -0.3 is 4.74 Å². The predicted octanol–water partition coefficient (Wildman–Crippen LogP) is 1.47. The number of ether oxygens (including phenoxy) is 1. The summed E-state index contributed by atoms with van der Waals surface area (Å²) >= 11 is 0. The second kappa shape index (κ2) is 5.61. The lowest BCUT2D eigenvalue weighted by Gasteiger charge is -2.27. The minimum Gasteiger partial charge on any atom is -0.467 e. The van der Waals surface area contributed by atoms with Gasteiger partial charge in [-0.3, -0.25) is 10.3 Å². The molecule has 1 unspecified atom stereocenters. The van der Waals surface area contributed by atoms with E-state index in [0.29, 0.717) is 5.69 Å². The Kier molecular flexibility index (Phi) is 4.43. The molecule has 4 heteroatoms. The van der Waals surface area contributed by atoms with Gasteiger partial charge in [-0.15, -0.1) is 0 Å². The fraction of sp³-hybridized carbons (Fsp3) is 0.500. The number of methoxy groups -OCH3 is 1. The van der Waals surface area contributed by atoms with Crippen LogP contribution in [0.1, 0.15) is 26.0 Å². The molecule has 4 nitrogen and oxygen atoms in total. The normalized spacial score (nSPS) is 14.2. The van der Waals surface area contributed by atoms with Crippen molar-refractivity contribution in [2.45, 2.75) is 25.8 Å². The zero-order valence-corrected chi connectivity index (χ0v) is 9.99. The van der Waals surface area contributed by atoms with Crippen molar-refractivity contribution >= 4 is 5.97 Å². The Morgan fingerprint density at radius 2 is 2.31 bits per heavy atom. The van der Waals surface area contributed by atoms with Gasteiger partial charge in [-0.1, -0.05) is 13.0 Å². The summed E-state index contributed by atoms with van der Waals surface area (Å²) in [4.78, 5) is 16.0. The smallest absolute Gasteiger partial charge is 0.332 e. The van der Waals surface area contributed by atoms with Gasteiger partial charge in [0.05, 0.1) is 12.8 Å². The largest absolute Gasteiger partial charge is 0.467 e. The molecule has 1 aromatic rings. The molecule has 0 saturated carbocycles. The Labute approximate surface area is 96.0 Å². The second-order valence-corrected chi connectivity index (χ2v) is 3.76. The van der Waals surface area contributed by atoms with E-state index < -0.39 is 5.54 Å². The molecule has 0 spiro atoms. The number of aromatic nitrogens is 1. The summed E-state index contributed by atoms with van der Waals surface area (Å²) in [7, 11) is 1.39. The van der Waals surface area contributed by atoms with Crippen LogP contribution in [0.4, 0.5) is 0 Å². The molecule has 0 saturated heterocycles. The van der Waals surface area contributed by atoms with Crippen LogP contribution in [0.5, 0.6) is 0 Å². The Balaban J connectivity index is 2.99. The molecule has 0 aliphatic carbocycles. The zero-order chi connectivity index (χ0) is 12.0. The van der Waals surface area contributed by atoms with Crippen molar-refractivity contribution in [3.8, 4) is 0 Å². The van der Waals surface area contributed by atoms with Gasteiger partial charge in [-0.05, 0) is 32.0 Å². The first-order valence-corrected chi connectivity index (χ1v) is 5.40. The van der Waals surface area contributed by atoms with Gasteiger partial charge in [0.25, 0.3) is 0 Å². The predicted molar refractivity (Wildman–Crippen MR) is 61.9 cm³/mol. The lowest BCUT2D eigenvalue weighted by Crippen LogP contribution is -2.48. The van der Waals surface area contributed by atoms with E-state index in [0.717, 1.165) is 13.0 Å². The van der Waals surface area contributed by atoms with Gasteiger partial charge in [0.2, 0.25) is 0 Å². The monoisotopic (exact) mass is 222 g/mol. The summed E-state index contributed by atoms with van der Waals surface area (Å²) in [6.07, 6.45) is 2.61. The van der Waals surface area contributed by atoms with Crippen LogP contribution in [0.25, 0.3) is 0 Å². The maximum absolute atomic E-state index is 11.8. The van der Waals surface area contributed by atoms with E-state index >= 15 is 0 Å². The minimum absolute atomic E-state index is 0.320. The molecule has 1 heterocycles. The Morgan fingerprint density at radius 3 is 2.81 bits per heavy atom. The van der Waals surface area contributed by atoms with Crippen molar-refractivity contribution in [2.75, 3.05) is 13.7 Å². The summed E-state index contributed by atoms with van der Waals surface area (Å²) in [6.45, 7) is 4.57. The van der Waals surface area contributed by atoms with E-state index in [-0.39, 0.29) is 5.97 Å². The van der Waals surface area contributed by atoms with Crippen LogP contribution < -0.4 is 5.32 Å². The van der Waals surface area contributed by atoms with E-state index in [9.17, 15) is 4.79 Å². The van der Waals surface area contributed by atoms with E-state index in [4.69, 9.17) is 4.74 Å². The van der Waals surface area contributed by atoms with Crippen LogP contribution in [0.15, 0.2) is 24.4 Å². The molecule has 0 aliphatic heterocycles. The van der Waals surface area contributed by atoms with Gasteiger partial charge in [0.15, 0.2) is 5.54 Å². The zero-order valence-electron chi connectivity index (χ0n) is 9.99. The number of esters is 1. The van der Waals surface area contributed by atoms with E-state index in [1.807, 2.05) is 25.1 Å². The lowest BCUT2D eigenvalue weighted by atomic mass is 9.97. The van der Waals surface area contributed by atoms with Gasteiger partial charge in [0.1, 0.15) is 0 Å². The molecular weight excluding hydrogens is 204 g/mol. The average Bonchev–Trinajstić information content (AvgIpc) is 2.36. The van der Waals surface area contributed by atoms with Crippen molar-refractivity contribution in [3.63, 3.8) is 0 Å². The first-order chi connectivity index (χ1) is 7.65. The van der Waals surface area contributed by atoms with Crippen molar-refractivity contribution in [2.24, 2.45) is 0 Å². The fourth-order valence-electron chi connectivity index (χ4n) is 1.50. The molecule has 0 radical (unpaired) electrons. The van der Waals surface area contributed by atoms with Crippen molar-refractivity contribution in [1.29, 1.82) is 0 Å². The number of nitrogens with one attached hydrogen (secondary N) is 1. The summed E-state index contributed by atoms with van der Waals surface area (Å²) in [5.74, 6) is -0.320. The highest BCUT2D eigenvalue weighted by atomic mass is 16.5. The van der Waals surface area contributed by atoms with Gasteiger partial charge in [-0.2, -0.15) is 0 Å². The van der Waals surface area contributed by atoms with Crippen LogP contribution >= 0.6 is 0 Å². The van der Waals surface area contributed by atoms with Gasteiger partial charge in [0, 0.05) is 6.20 Å². The number of pyridine rings is 1. The number of hydrogen-bond donors (Lipinski definition) is 1. The van der Waals surface area contributed by atoms with Gasteiger partial charge >= 0.3 is 5.97 Å². The topological polar surface area (TPSA) is 51.2 Å². The first-order valence-electron chi connectivity index (χ1n) is 5.40. The Bertz CT molecular complexity index is 340. The van der Waals surface area contributed by atoms with Crippen LogP contribution in [0, 0.1) is 0 Å². The molecular formula is C12H18N2O2. The number of rotatable bonds is 5. The molecule has 0 amide bonds. The standard InChI is InChI=1S/C12H18N2O2/c1-4-8-14-12(2,11(15)16-3)10-7-5-6-9-13-10/h5-7,9,14H,4,8H2,1-3H3. The number of carbonyl (C=O) groups excluding carboxylic acids is 1. The summed E-state index contributed by atoms with van der Waals surface area (Å²) in [5.41, 5.74) is -0.193. The molecule has 0 bridgehead atoms. The van der Waals surface area contributed by atoms with Crippen LogP contribution in [-0.4, -0.2) is 24.6 Å². The van der Waals surface area contributed by atoms with E-state index in [1.165, 1.54) is 7.11 Å². The first kappa shape index (κ1) is 12.6. The maximum Gasteiger partial charge on any atom is 0.332 e. The van der Waals surface area contributed by atoms with Crippen molar-refractivity contribution < 1.29 is 9.53 Å². The molecule has 1 rings (SSSR count). The number of carbonyl (C=O) groups is 1. The molecule has 0 aliphatic rings. The molecule has 0 fully saturated rings. The number of nitrogens with zero attached hydrogens (tertiary/aromatic N) is 1. The highest BCUT2D eigenvalue weighted by Gasteiger charge is 2.36. The molecule has 1 aromatic heterocycles. The highest BCUT2D eigenvalue weighted by molar-refractivity contribution is 5.81. The fourth-order valence-corrected chi connectivity index (χ4v) is 1.50. The van der Waals surface area contributed by atoms with E-state index in [1.54, 1.807) is 13.1 Å². The van der Waals surface area contributed by atoms with Crippen molar-refractivity contribution in [1.82, 2.24) is 10.3 Å². The van der Waals surface area contributed by atoms with Crippen molar-refractivity contribution in [3.05, 3.63) is 30.1 Å². The Morgan fingerprint density at radius 1 is 1.56 bits per heavy atom. The lowest BCUT2D eigenvalue weighted by molar-refractivity contribution is -0.148. The second-order valence-electron chi connectivity index (χ2n) is 3.76. The summed E-state index contributed by atoms with van der Waals surface area (Å²) in [5, 5.41) is 3.18. The molecule has 16 heavy (non-hydrogen) atoms. The Hall–Kier alpha value is -1.42. The maximum atomic E-state index is 11.8. The van der Waals surface area contributed by atoms with Gasteiger partial charge in [-0.25, -0.2) is 4.79 Å². The molecule has 88 valence electrons.